The number of hydrogen-bond donors (Lipinski definition) is 1. The zero-order chi connectivity index (χ0) is 15.2. The SMILES string of the molecule is CCCOCCC(CNC(C)(C)C)C1CCS(=O)(=O)C1. The van der Waals surface area contributed by atoms with Gasteiger partial charge >= 0.3 is 0 Å². The lowest BCUT2D eigenvalue weighted by atomic mass is 9.88. The number of rotatable bonds is 8. The van der Waals surface area contributed by atoms with Crippen molar-refractivity contribution in [1.82, 2.24) is 5.32 Å². The van der Waals surface area contributed by atoms with Crippen molar-refractivity contribution in [2.45, 2.75) is 52.5 Å². The van der Waals surface area contributed by atoms with Crippen LogP contribution >= 0.6 is 0 Å². The Balaban J connectivity index is 2.50. The van der Waals surface area contributed by atoms with Gasteiger partial charge in [-0.15, -0.1) is 0 Å². The fraction of sp³-hybridized carbons (Fsp3) is 1.00. The minimum Gasteiger partial charge on any atom is -0.381 e. The molecule has 0 aromatic rings. The number of nitrogens with one attached hydrogen (secondary N) is 1. The van der Waals surface area contributed by atoms with E-state index in [0.29, 0.717) is 23.3 Å². The van der Waals surface area contributed by atoms with Crippen LogP contribution in [0.15, 0.2) is 0 Å². The Morgan fingerprint density at radius 1 is 1.30 bits per heavy atom. The molecule has 0 amide bonds. The van der Waals surface area contributed by atoms with Gasteiger partial charge < -0.3 is 10.1 Å². The van der Waals surface area contributed by atoms with Crippen molar-refractivity contribution >= 4 is 9.84 Å². The first-order chi connectivity index (χ1) is 9.23. The Kier molecular flexibility index (Phi) is 6.95. The fourth-order valence-electron chi connectivity index (χ4n) is 2.62. The highest BCUT2D eigenvalue weighted by Crippen LogP contribution is 2.28. The van der Waals surface area contributed by atoms with Gasteiger partial charge in [0.1, 0.15) is 0 Å². The molecule has 4 nitrogen and oxygen atoms in total. The maximum Gasteiger partial charge on any atom is 0.150 e. The summed E-state index contributed by atoms with van der Waals surface area (Å²) in [6.07, 6.45) is 2.79. The van der Waals surface area contributed by atoms with Gasteiger partial charge in [0, 0.05) is 18.8 Å². The van der Waals surface area contributed by atoms with Crippen LogP contribution in [0.2, 0.25) is 0 Å². The highest BCUT2D eigenvalue weighted by Gasteiger charge is 2.33. The van der Waals surface area contributed by atoms with E-state index in [1.165, 1.54) is 0 Å². The van der Waals surface area contributed by atoms with Crippen molar-refractivity contribution in [3.63, 3.8) is 0 Å². The minimum atomic E-state index is -2.80. The van der Waals surface area contributed by atoms with Gasteiger partial charge in [0.05, 0.1) is 11.5 Å². The molecule has 20 heavy (non-hydrogen) atoms. The van der Waals surface area contributed by atoms with Gasteiger partial charge in [-0.3, -0.25) is 0 Å². The lowest BCUT2D eigenvalue weighted by molar-refractivity contribution is 0.110. The highest BCUT2D eigenvalue weighted by atomic mass is 32.2. The Morgan fingerprint density at radius 3 is 2.50 bits per heavy atom. The van der Waals surface area contributed by atoms with Gasteiger partial charge in [0.15, 0.2) is 9.84 Å². The predicted molar refractivity (Wildman–Crippen MR) is 83.7 cm³/mol. The molecule has 1 fully saturated rings. The molecule has 1 aliphatic heterocycles. The molecule has 1 aliphatic rings. The molecule has 1 N–H and O–H groups in total. The standard InChI is InChI=1S/C15H31NO3S/c1-5-8-19-9-6-13(11-16-15(2,3)4)14-7-10-20(17,18)12-14/h13-14,16H,5-12H2,1-4H3. The zero-order valence-corrected chi connectivity index (χ0v) is 14.3. The van der Waals surface area contributed by atoms with Gasteiger partial charge in [-0.25, -0.2) is 8.42 Å². The van der Waals surface area contributed by atoms with Crippen LogP contribution in [0.5, 0.6) is 0 Å². The molecule has 0 bridgehead atoms. The van der Waals surface area contributed by atoms with Crippen molar-refractivity contribution in [1.29, 1.82) is 0 Å². The lowest BCUT2D eigenvalue weighted by Gasteiger charge is -2.28. The van der Waals surface area contributed by atoms with E-state index >= 15 is 0 Å². The van der Waals surface area contributed by atoms with E-state index in [1.807, 2.05) is 0 Å². The number of ether oxygens (including phenoxy) is 1. The van der Waals surface area contributed by atoms with Crippen molar-refractivity contribution in [2.75, 3.05) is 31.3 Å². The average Bonchev–Trinajstić information content (AvgIpc) is 2.67. The summed E-state index contributed by atoms with van der Waals surface area (Å²) in [5.41, 5.74) is 0.0694. The molecule has 120 valence electrons. The topological polar surface area (TPSA) is 55.4 Å². The monoisotopic (exact) mass is 305 g/mol. The van der Waals surface area contributed by atoms with E-state index in [-0.39, 0.29) is 5.54 Å². The normalized spacial score (nSPS) is 23.9. The molecule has 1 rings (SSSR count). The van der Waals surface area contributed by atoms with Crippen LogP contribution in [0.25, 0.3) is 0 Å². The third-order valence-corrected chi connectivity index (χ3v) is 5.60. The van der Waals surface area contributed by atoms with Crippen LogP contribution in [0.3, 0.4) is 0 Å². The molecule has 0 aromatic carbocycles. The molecule has 1 heterocycles. The maximum atomic E-state index is 11.7. The maximum absolute atomic E-state index is 11.7. The Labute approximate surface area is 124 Å². The molecule has 2 atom stereocenters. The smallest absolute Gasteiger partial charge is 0.150 e. The lowest BCUT2D eigenvalue weighted by Crippen LogP contribution is -2.41. The third-order valence-electron chi connectivity index (χ3n) is 3.81. The van der Waals surface area contributed by atoms with E-state index in [4.69, 9.17) is 4.74 Å². The van der Waals surface area contributed by atoms with Gasteiger partial charge in [0.25, 0.3) is 0 Å². The van der Waals surface area contributed by atoms with Crippen molar-refractivity contribution in [2.24, 2.45) is 11.8 Å². The van der Waals surface area contributed by atoms with Gasteiger partial charge in [0.2, 0.25) is 0 Å². The quantitative estimate of drug-likeness (QED) is 0.699. The molecule has 1 saturated heterocycles. The molecule has 0 aromatic heterocycles. The summed E-state index contributed by atoms with van der Waals surface area (Å²) in [6, 6.07) is 0. The van der Waals surface area contributed by atoms with Crippen LogP contribution in [0, 0.1) is 11.8 Å². The summed E-state index contributed by atoms with van der Waals surface area (Å²) in [4.78, 5) is 0. The third kappa shape index (κ3) is 7.04. The second-order valence-electron chi connectivity index (χ2n) is 6.96. The van der Waals surface area contributed by atoms with E-state index in [9.17, 15) is 8.42 Å². The van der Waals surface area contributed by atoms with E-state index in [0.717, 1.165) is 39.0 Å². The second kappa shape index (κ2) is 7.76. The van der Waals surface area contributed by atoms with Crippen LogP contribution in [-0.4, -0.2) is 45.2 Å². The number of sulfone groups is 1. The first-order valence-corrected chi connectivity index (χ1v) is 9.59. The molecule has 0 aliphatic carbocycles. The van der Waals surface area contributed by atoms with Crippen LogP contribution in [-0.2, 0) is 14.6 Å². The number of hydrogen-bond acceptors (Lipinski definition) is 4. The first kappa shape index (κ1) is 17.9. The van der Waals surface area contributed by atoms with E-state index in [1.54, 1.807) is 0 Å². The van der Waals surface area contributed by atoms with E-state index < -0.39 is 9.84 Å². The van der Waals surface area contributed by atoms with Crippen molar-refractivity contribution in [3.05, 3.63) is 0 Å². The summed E-state index contributed by atoms with van der Waals surface area (Å²) < 4.78 is 28.9. The Morgan fingerprint density at radius 2 is 2.00 bits per heavy atom. The van der Waals surface area contributed by atoms with Crippen LogP contribution in [0.1, 0.15) is 47.0 Å². The van der Waals surface area contributed by atoms with Gasteiger partial charge in [-0.2, -0.15) is 0 Å². The predicted octanol–water partition coefficient (Wildman–Crippen LogP) is 2.24. The second-order valence-corrected chi connectivity index (χ2v) is 9.18. The highest BCUT2D eigenvalue weighted by molar-refractivity contribution is 7.91. The molecule has 0 spiro atoms. The summed E-state index contributed by atoms with van der Waals surface area (Å²) in [5, 5.41) is 3.52. The molecular weight excluding hydrogens is 274 g/mol. The average molecular weight is 305 g/mol. The molecule has 5 heteroatoms. The summed E-state index contributed by atoms with van der Waals surface area (Å²) in [5.74, 6) is 1.40. The largest absolute Gasteiger partial charge is 0.381 e. The summed E-state index contributed by atoms with van der Waals surface area (Å²) in [7, 11) is -2.80. The summed E-state index contributed by atoms with van der Waals surface area (Å²) >= 11 is 0. The molecule has 0 saturated carbocycles. The van der Waals surface area contributed by atoms with Gasteiger partial charge in [-0.05, 0) is 58.4 Å². The van der Waals surface area contributed by atoms with Crippen molar-refractivity contribution in [3.8, 4) is 0 Å². The first-order valence-electron chi connectivity index (χ1n) is 7.77. The Bertz CT molecular complexity index is 373. The Hall–Kier alpha value is -0.130. The minimum absolute atomic E-state index is 0.0694. The van der Waals surface area contributed by atoms with E-state index in [2.05, 4.69) is 33.0 Å². The van der Waals surface area contributed by atoms with Crippen molar-refractivity contribution < 1.29 is 13.2 Å². The van der Waals surface area contributed by atoms with Gasteiger partial charge in [-0.1, -0.05) is 6.92 Å². The molecule has 0 radical (unpaired) electrons. The fourth-order valence-corrected chi connectivity index (χ4v) is 4.54. The summed E-state index contributed by atoms with van der Waals surface area (Å²) in [6.45, 7) is 10.9. The zero-order valence-electron chi connectivity index (χ0n) is 13.4. The molecule has 2 unspecified atom stereocenters. The van der Waals surface area contributed by atoms with Crippen LogP contribution in [0.4, 0.5) is 0 Å². The van der Waals surface area contributed by atoms with Crippen LogP contribution < -0.4 is 5.32 Å². The molecular formula is C15H31NO3S.